The fraction of sp³-hybridized carbons (Fsp3) is 0.500. The number of hydrogen-bond donors (Lipinski definition) is 7. The Morgan fingerprint density at radius 1 is 0.686 bits per heavy atom. The van der Waals surface area contributed by atoms with Crippen molar-refractivity contribution in [2.24, 2.45) is 0 Å². The number of aromatic nitrogens is 12. The number of H-pyrrole nitrogens is 1. The first-order valence-corrected chi connectivity index (χ1v) is 23.7. The molecule has 40 heteroatoms. The second kappa shape index (κ2) is 21.3. The van der Waals surface area contributed by atoms with Crippen molar-refractivity contribution in [2.45, 2.75) is 73.6 Å². The van der Waals surface area contributed by atoms with Crippen molar-refractivity contribution >= 4 is 74.5 Å². The topological polar surface area (TPSA) is 493 Å². The predicted molar refractivity (Wildman–Crippen MR) is 207 cm³/mol. The summed E-state index contributed by atoms with van der Waals surface area (Å²) in [6.45, 7) is -3.03. The maximum Gasteiger partial charge on any atom is 1.00 e. The number of nitrogens with one attached hydrogen (secondary N) is 1. The molecule has 34 nitrogen and oxygen atoms in total. The van der Waals surface area contributed by atoms with Gasteiger partial charge in [0, 0.05) is 0 Å². The van der Waals surface area contributed by atoms with Crippen molar-refractivity contribution in [3.05, 3.63) is 42.0 Å². The summed E-state index contributed by atoms with van der Waals surface area (Å²) in [4.78, 5) is 86.2. The zero-order chi connectivity index (χ0) is 47.3. The van der Waals surface area contributed by atoms with Gasteiger partial charge in [0.1, 0.15) is 78.6 Å². The van der Waals surface area contributed by atoms with Crippen molar-refractivity contribution in [2.75, 3.05) is 37.0 Å². The molecule has 4 aliphatic rings. The van der Waals surface area contributed by atoms with Crippen LogP contribution in [-0.2, 0) is 55.0 Å². The summed E-state index contributed by atoms with van der Waals surface area (Å²) in [6.07, 6.45) is -14.5. The second-order valence-corrected chi connectivity index (χ2v) is 19.1. The van der Waals surface area contributed by atoms with Crippen molar-refractivity contribution in [3.8, 4) is 0 Å². The van der Waals surface area contributed by atoms with Crippen LogP contribution in [0.5, 0.6) is 0 Å². The van der Waals surface area contributed by atoms with Gasteiger partial charge in [-0.15, -0.1) is 0 Å². The van der Waals surface area contributed by atoms with E-state index in [-0.39, 0.29) is 140 Å². The zero-order valence-electron chi connectivity index (χ0n) is 36.3. The molecule has 10 heterocycles. The van der Waals surface area contributed by atoms with Crippen LogP contribution < -0.4 is 126 Å². The number of phosphoric acid groups is 3. The number of aromatic amines is 1. The van der Waals surface area contributed by atoms with Crippen LogP contribution in [0.1, 0.15) is 18.7 Å². The minimum Gasteiger partial charge on any atom is -0.756 e. The molecule has 6 aromatic heterocycles. The normalized spacial score (nSPS) is 32.3. The van der Waals surface area contributed by atoms with E-state index >= 15 is 0 Å². The van der Waals surface area contributed by atoms with Crippen molar-refractivity contribution in [1.82, 2.24) is 58.6 Å². The zero-order valence-corrected chi connectivity index (χ0v) is 45.0. The summed E-state index contributed by atoms with van der Waals surface area (Å²) >= 11 is 0. The van der Waals surface area contributed by atoms with Crippen LogP contribution in [0.3, 0.4) is 0 Å². The Kier molecular flexibility index (Phi) is 16.9. The number of nitrogens with two attached hydrogens (primary N) is 3. The summed E-state index contributed by atoms with van der Waals surface area (Å²) in [6, 6.07) is 0. The molecule has 10 N–H and O–H groups in total. The first kappa shape index (κ1) is 55.7. The summed E-state index contributed by atoms with van der Waals surface area (Å²) < 4.78 is 91.3. The molecule has 0 aliphatic carbocycles. The van der Waals surface area contributed by atoms with Crippen LogP contribution in [0, 0.1) is 0 Å². The van der Waals surface area contributed by atoms with Crippen LogP contribution in [-0.4, -0.2) is 149 Å². The molecule has 15 atom stereocenters. The van der Waals surface area contributed by atoms with E-state index in [0.29, 0.717) is 0 Å². The van der Waals surface area contributed by atoms with E-state index < -0.39 is 122 Å². The fourth-order valence-electron chi connectivity index (χ4n) is 8.00. The van der Waals surface area contributed by atoms with Crippen molar-refractivity contribution < 1.29 is 174 Å². The number of nitrogens with zero attached hydrogens (tertiary/aromatic N) is 11. The van der Waals surface area contributed by atoms with Gasteiger partial charge >= 0.3 is 88.7 Å². The number of ether oxygens (including phenoxy) is 3. The molecular formula is C30H33N15Na3O19P3. The van der Waals surface area contributed by atoms with Crippen molar-refractivity contribution in [3.63, 3.8) is 0 Å². The fourth-order valence-corrected chi connectivity index (χ4v) is 11.0. The first-order chi connectivity index (χ1) is 31.8. The van der Waals surface area contributed by atoms with Gasteiger partial charge in [0.15, 0.2) is 52.8 Å². The Balaban J connectivity index is 0.00000241. The molecule has 0 amide bonds. The first-order valence-electron chi connectivity index (χ1n) is 19.3. The van der Waals surface area contributed by atoms with Crippen LogP contribution in [0.25, 0.3) is 33.5 Å². The van der Waals surface area contributed by atoms with Gasteiger partial charge in [-0.05, 0) is 0 Å². The third-order valence-electron chi connectivity index (χ3n) is 10.9. The second-order valence-electron chi connectivity index (χ2n) is 15.0. The molecule has 6 aromatic rings. The molecule has 4 saturated heterocycles. The standard InChI is InChI=1S/C30H36N15O19P3.3Na/c31-21-12-23(36-4-34-21)43(6-38-12)27-15(47)17(9(1-46)58-27)61-65(50,51)56-2-10-18(16(48)28(59-10)45-8-40-14-25(45)41-30(33)42-26(14)49)62-66(52,53)57-3-11-19-20(64-67(54,55)63-19)29(60-11)44-7-39-13-22(32)35-5-37-24(13)44;;;/h4-11,15-20,27-29,46-48H,1-3H2,(H,50,51)(H,52,53)(H,54,55)(H2,31,34,36)(H2,32,35,37)(H3,33,41,42,49);;;/q;3*+1/p-3/t9-,10-,11-,15-,16-,17-,18-,19-,20-,27-,28-,29-;;;/m1.../s1. The Morgan fingerprint density at radius 3 is 1.70 bits per heavy atom. The van der Waals surface area contributed by atoms with Gasteiger partial charge in [-0.2, -0.15) is 4.98 Å². The van der Waals surface area contributed by atoms with E-state index in [4.69, 9.17) is 58.6 Å². The van der Waals surface area contributed by atoms with Gasteiger partial charge in [0.2, 0.25) is 5.95 Å². The average molecular weight is 1070 g/mol. The Bertz CT molecular complexity index is 3100. The SMILES string of the molecule is Nc1nc2c(ncn2[C@@H]2O[C@H](COP(=O)([O-])O[C@H]3[C@@H](O)[C@H](n4cnc5c(N)ncnc54)O[C@@H]3CO)[C@@H](OP(=O)([O-])OC[C@H]3O[C@@H](n4cnc5c(N)ncnc54)[C@@H]4OP(=O)([O-])O[C@@H]43)[C@H]2O)c(=O)[nH]1.[Na+].[Na+].[Na+]. The van der Waals surface area contributed by atoms with E-state index in [1.165, 1.54) is 21.8 Å². The summed E-state index contributed by atoms with van der Waals surface area (Å²) in [5, 5.41) is 32.9. The Morgan fingerprint density at radius 2 is 1.14 bits per heavy atom. The molecule has 3 unspecified atom stereocenters. The number of phosphoric ester groups is 3. The minimum atomic E-state index is -5.71. The maximum absolute atomic E-state index is 13.6. The Hall–Kier alpha value is -2.06. The molecule has 70 heavy (non-hydrogen) atoms. The predicted octanol–water partition coefficient (Wildman–Crippen LogP) is -14.0. The van der Waals surface area contributed by atoms with Crippen LogP contribution in [0.2, 0.25) is 0 Å². The maximum atomic E-state index is 13.6. The Labute approximate surface area is 455 Å². The number of fused-ring (bicyclic) bond motifs is 4. The van der Waals surface area contributed by atoms with Crippen LogP contribution in [0.15, 0.2) is 36.4 Å². The third kappa shape index (κ3) is 10.5. The number of anilines is 3. The number of aliphatic hydroxyl groups is 3. The number of nitrogen functional groups attached to an aromatic ring is 3. The number of aliphatic hydroxyl groups excluding tert-OH is 3. The molecule has 4 fully saturated rings. The third-order valence-corrected chi connectivity index (χ3v) is 13.9. The summed E-state index contributed by atoms with van der Waals surface area (Å²) in [7, 11) is -16.3. The van der Waals surface area contributed by atoms with Gasteiger partial charge < -0.3 is 88.6 Å². The minimum absolute atomic E-state index is 0. The van der Waals surface area contributed by atoms with E-state index in [1.807, 2.05) is 0 Å². The van der Waals surface area contributed by atoms with Crippen LogP contribution >= 0.6 is 23.5 Å². The summed E-state index contributed by atoms with van der Waals surface area (Å²) in [5.41, 5.74) is 16.5. The van der Waals surface area contributed by atoms with E-state index in [2.05, 4.69) is 44.9 Å². The number of imidazole rings is 3. The number of hydrogen-bond acceptors (Lipinski definition) is 30. The summed E-state index contributed by atoms with van der Waals surface area (Å²) in [5.74, 6) is -0.411. The van der Waals surface area contributed by atoms with Gasteiger partial charge in [-0.3, -0.25) is 37.2 Å². The molecular weight excluding hydrogens is 1040 g/mol. The van der Waals surface area contributed by atoms with E-state index in [1.54, 1.807) is 0 Å². The largest absolute Gasteiger partial charge is 1.00 e. The monoisotopic (exact) mass is 1070 g/mol. The molecule has 360 valence electrons. The quantitative estimate of drug-likeness (QED) is 0.0393. The molecule has 0 radical (unpaired) electrons. The van der Waals surface area contributed by atoms with Gasteiger partial charge in [-0.1, -0.05) is 0 Å². The van der Waals surface area contributed by atoms with Gasteiger partial charge in [0.25, 0.3) is 29.0 Å². The molecule has 10 rings (SSSR count). The van der Waals surface area contributed by atoms with Gasteiger partial charge in [0.05, 0.1) is 38.8 Å². The van der Waals surface area contributed by atoms with E-state index in [0.717, 1.165) is 23.5 Å². The average Bonchev–Trinajstić information content (AvgIpc) is 4.14. The van der Waals surface area contributed by atoms with Crippen molar-refractivity contribution in [1.29, 1.82) is 0 Å². The molecule has 0 aromatic carbocycles. The molecule has 0 saturated carbocycles. The molecule has 4 aliphatic heterocycles. The molecule has 0 bridgehead atoms. The van der Waals surface area contributed by atoms with E-state index in [9.17, 15) is 48.5 Å². The molecule has 0 spiro atoms. The smallest absolute Gasteiger partial charge is 0.756 e. The van der Waals surface area contributed by atoms with Crippen LogP contribution in [0.4, 0.5) is 17.6 Å². The number of rotatable bonds is 14. The van der Waals surface area contributed by atoms with Gasteiger partial charge in [-0.25, -0.2) is 34.9 Å².